The zero-order valence-electron chi connectivity index (χ0n) is 7.91. The van der Waals surface area contributed by atoms with E-state index in [0.29, 0.717) is 19.6 Å². The summed E-state index contributed by atoms with van der Waals surface area (Å²) in [5, 5.41) is 0. The van der Waals surface area contributed by atoms with E-state index in [2.05, 4.69) is 0 Å². The fourth-order valence-corrected chi connectivity index (χ4v) is 1.39. The first-order valence-electron chi connectivity index (χ1n) is 4.31. The number of quaternary nitrogens is 1. The summed E-state index contributed by atoms with van der Waals surface area (Å²) >= 11 is 0. The van der Waals surface area contributed by atoms with Gasteiger partial charge in [0.1, 0.15) is 0 Å². The predicted octanol–water partition coefficient (Wildman–Crippen LogP) is 2.43. The molecule has 0 aromatic carbocycles. The molecule has 0 aliphatic heterocycles. The van der Waals surface area contributed by atoms with Gasteiger partial charge in [-0.2, -0.15) is 13.2 Å². The van der Waals surface area contributed by atoms with Crippen LogP contribution < -0.4 is 0 Å². The summed E-state index contributed by atoms with van der Waals surface area (Å²) in [5.74, 6) is 0. The predicted molar refractivity (Wildman–Crippen MR) is 42.8 cm³/mol. The Morgan fingerprint density at radius 1 is 0.917 bits per heavy atom. The lowest BCUT2D eigenvalue weighted by Crippen LogP contribution is -2.52. The van der Waals surface area contributed by atoms with Crippen molar-refractivity contribution in [3.63, 3.8) is 0 Å². The van der Waals surface area contributed by atoms with Crippen LogP contribution in [0.5, 0.6) is 0 Å². The molecule has 0 atom stereocenters. The average molecular weight is 184 g/mol. The van der Waals surface area contributed by atoms with Crippen LogP contribution in [0.15, 0.2) is 0 Å². The van der Waals surface area contributed by atoms with Crippen molar-refractivity contribution in [3.8, 4) is 0 Å². The van der Waals surface area contributed by atoms with Gasteiger partial charge in [0, 0.05) is 0 Å². The molecular weight excluding hydrogens is 167 g/mol. The molecule has 0 N–H and O–H groups in total. The van der Waals surface area contributed by atoms with Crippen LogP contribution in [0.2, 0.25) is 0 Å². The van der Waals surface area contributed by atoms with Crippen LogP contribution in [-0.2, 0) is 0 Å². The van der Waals surface area contributed by atoms with Crippen molar-refractivity contribution in [1.82, 2.24) is 0 Å². The van der Waals surface area contributed by atoms with E-state index in [4.69, 9.17) is 0 Å². The van der Waals surface area contributed by atoms with Crippen molar-refractivity contribution in [3.05, 3.63) is 0 Å². The number of hydrogen-bond acceptors (Lipinski definition) is 0. The normalized spacial score (nSPS) is 13.5. The average Bonchev–Trinajstić information content (AvgIpc) is 1.99. The minimum atomic E-state index is -4.04. The van der Waals surface area contributed by atoms with Crippen molar-refractivity contribution >= 4 is 0 Å². The number of halogens is 3. The van der Waals surface area contributed by atoms with E-state index in [1.807, 2.05) is 0 Å². The van der Waals surface area contributed by atoms with Crippen LogP contribution in [0.25, 0.3) is 0 Å². The van der Waals surface area contributed by atoms with Crippen molar-refractivity contribution < 1.29 is 17.7 Å². The molecule has 4 heteroatoms. The van der Waals surface area contributed by atoms with Crippen molar-refractivity contribution in [2.75, 3.05) is 26.2 Å². The highest BCUT2D eigenvalue weighted by Gasteiger charge is 2.39. The Balaban J connectivity index is 4.30. The molecule has 0 bridgehead atoms. The number of hydrogen-bond donors (Lipinski definition) is 0. The van der Waals surface area contributed by atoms with Crippen LogP contribution >= 0.6 is 0 Å². The molecule has 0 radical (unpaired) electrons. The molecule has 0 saturated carbocycles. The second kappa shape index (κ2) is 4.12. The Morgan fingerprint density at radius 2 is 1.25 bits per heavy atom. The molecule has 0 saturated heterocycles. The topological polar surface area (TPSA) is 0 Å². The van der Waals surface area contributed by atoms with E-state index in [9.17, 15) is 13.2 Å². The first kappa shape index (κ1) is 11.8. The fourth-order valence-electron chi connectivity index (χ4n) is 1.39. The lowest BCUT2D eigenvalue weighted by molar-refractivity contribution is -0.932. The Bertz CT molecular complexity index is 118. The maximum absolute atomic E-state index is 12.1. The number of rotatable bonds is 4. The van der Waals surface area contributed by atoms with E-state index in [0.717, 1.165) is 0 Å². The zero-order chi connectivity index (χ0) is 9.83. The Hall–Kier alpha value is -0.250. The minimum Gasteiger partial charge on any atom is -0.317 e. The summed E-state index contributed by atoms with van der Waals surface area (Å²) in [7, 11) is 0. The highest BCUT2D eigenvalue weighted by Crippen LogP contribution is 2.21. The lowest BCUT2D eigenvalue weighted by Gasteiger charge is -2.36. The maximum Gasteiger partial charge on any atom is 0.438 e. The molecule has 0 aliphatic rings. The largest absolute Gasteiger partial charge is 0.438 e. The summed E-state index contributed by atoms with van der Waals surface area (Å²) in [4.78, 5) is 0. The third kappa shape index (κ3) is 3.43. The molecule has 0 amide bonds. The first-order chi connectivity index (χ1) is 5.39. The van der Waals surface area contributed by atoms with Gasteiger partial charge in [0.15, 0.2) is 6.54 Å². The zero-order valence-corrected chi connectivity index (χ0v) is 7.91. The molecule has 0 rings (SSSR count). The van der Waals surface area contributed by atoms with Gasteiger partial charge in [-0.15, -0.1) is 0 Å². The van der Waals surface area contributed by atoms with E-state index < -0.39 is 12.7 Å². The molecule has 0 aromatic rings. The van der Waals surface area contributed by atoms with Gasteiger partial charge in [0.25, 0.3) is 0 Å². The van der Waals surface area contributed by atoms with Crippen LogP contribution in [0.3, 0.4) is 0 Å². The highest BCUT2D eigenvalue weighted by atomic mass is 19.4. The van der Waals surface area contributed by atoms with Gasteiger partial charge in [-0.3, -0.25) is 0 Å². The van der Waals surface area contributed by atoms with E-state index >= 15 is 0 Å². The number of nitrogens with zero attached hydrogens (tertiary/aromatic N) is 1. The van der Waals surface area contributed by atoms with Crippen LogP contribution in [-0.4, -0.2) is 36.8 Å². The van der Waals surface area contributed by atoms with Crippen molar-refractivity contribution in [2.24, 2.45) is 0 Å². The molecule has 0 aliphatic carbocycles. The molecule has 12 heavy (non-hydrogen) atoms. The van der Waals surface area contributed by atoms with Gasteiger partial charge >= 0.3 is 6.18 Å². The Labute approximate surface area is 71.8 Å². The summed E-state index contributed by atoms with van der Waals surface area (Å²) in [5.41, 5.74) is 0. The van der Waals surface area contributed by atoms with Gasteiger partial charge in [0.2, 0.25) is 0 Å². The summed E-state index contributed by atoms with van der Waals surface area (Å²) in [6, 6.07) is 0. The Kier molecular flexibility index (Phi) is 4.03. The smallest absolute Gasteiger partial charge is 0.317 e. The standard InChI is InChI=1S/C8H17F3N/c1-4-12(5-2,6-3)7-8(9,10)11/h4-7H2,1-3H3/q+1. The fraction of sp³-hybridized carbons (Fsp3) is 1.00. The Morgan fingerprint density at radius 3 is 1.33 bits per heavy atom. The minimum absolute atomic E-state index is 0.142. The quantitative estimate of drug-likeness (QED) is 0.589. The second-order valence-corrected chi connectivity index (χ2v) is 3.06. The highest BCUT2D eigenvalue weighted by molar-refractivity contribution is 4.49. The molecule has 0 spiro atoms. The number of alkyl halides is 3. The lowest BCUT2D eigenvalue weighted by atomic mass is 10.3. The summed E-state index contributed by atoms with van der Waals surface area (Å²) < 4.78 is 36.4. The molecule has 0 heterocycles. The van der Waals surface area contributed by atoms with E-state index in [1.165, 1.54) is 0 Å². The van der Waals surface area contributed by atoms with Gasteiger partial charge in [-0.1, -0.05) is 0 Å². The molecule has 1 nitrogen and oxygen atoms in total. The monoisotopic (exact) mass is 184 g/mol. The van der Waals surface area contributed by atoms with Crippen molar-refractivity contribution in [2.45, 2.75) is 26.9 Å². The molecule has 74 valence electrons. The third-order valence-electron chi connectivity index (χ3n) is 2.53. The van der Waals surface area contributed by atoms with Gasteiger partial charge < -0.3 is 4.48 Å². The van der Waals surface area contributed by atoms with Gasteiger partial charge in [-0.05, 0) is 20.8 Å². The van der Waals surface area contributed by atoms with E-state index in [-0.39, 0.29) is 4.48 Å². The van der Waals surface area contributed by atoms with Crippen LogP contribution in [0.4, 0.5) is 13.2 Å². The molecule has 0 fully saturated rings. The third-order valence-corrected chi connectivity index (χ3v) is 2.53. The van der Waals surface area contributed by atoms with Gasteiger partial charge in [0.05, 0.1) is 19.6 Å². The molecule has 0 aromatic heterocycles. The van der Waals surface area contributed by atoms with Crippen LogP contribution in [0, 0.1) is 0 Å². The van der Waals surface area contributed by atoms with Crippen molar-refractivity contribution in [1.29, 1.82) is 0 Å². The molecule has 0 unspecified atom stereocenters. The second-order valence-electron chi connectivity index (χ2n) is 3.06. The maximum atomic E-state index is 12.1. The molecular formula is C8H17F3N+. The first-order valence-corrected chi connectivity index (χ1v) is 4.31. The van der Waals surface area contributed by atoms with Gasteiger partial charge in [-0.25, -0.2) is 0 Å². The summed E-state index contributed by atoms with van der Waals surface area (Å²) in [6.07, 6.45) is -4.04. The SMILES string of the molecule is CC[N+](CC)(CC)CC(F)(F)F. The van der Waals surface area contributed by atoms with E-state index in [1.54, 1.807) is 20.8 Å². The van der Waals surface area contributed by atoms with Crippen LogP contribution in [0.1, 0.15) is 20.8 Å². The summed E-state index contributed by atoms with van der Waals surface area (Å²) in [6.45, 7) is 6.36.